The highest BCUT2D eigenvalue weighted by Crippen LogP contribution is 2.37. The van der Waals surface area contributed by atoms with Gasteiger partial charge in [-0.05, 0) is 44.4 Å². The molecule has 3 aliphatic rings. The Morgan fingerprint density at radius 1 is 1.09 bits per heavy atom. The molecule has 6 rings (SSSR count). The van der Waals surface area contributed by atoms with Crippen molar-refractivity contribution in [2.75, 3.05) is 26.8 Å². The third kappa shape index (κ3) is 6.69. The number of oxime groups is 1. The van der Waals surface area contributed by atoms with Gasteiger partial charge in [-0.15, -0.1) is 5.10 Å². The van der Waals surface area contributed by atoms with Crippen LogP contribution in [-0.4, -0.2) is 105 Å². The van der Waals surface area contributed by atoms with Gasteiger partial charge in [0.25, 0.3) is 0 Å². The SMILES string of the molecule is CO[C@@H]1[C@@H](n2cc(-c3cccc4ccccc34)nn2)[C@@H](O)[C@@H](CO)O[C@@H]1CC1CC(C2CCN(C(=O)OC(C)(C)C)CC2)=NO1. The average molecular weight is 622 g/mol. The number of hydrogen-bond acceptors (Lipinski definition) is 10. The summed E-state index contributed by atoms with van der Waals surface area (Å²) in [7, 11) is 1.58. The van der Waals surface area contributed by atoms with Crippen molar-refractivity contribution < 1.29 is 34.1 Å². The molecule has 12 heteroatoms. The highest BCUT2D eigenvalue weighted by molar-refractivity contribution is 5.95. The van der Waals surface area contributed by atoms with Gasteiger partial charge < -0.3 is 34.2 Å². The second-order valence-electron chi connectivity index (χ2n) is 13.2. The number of aliphatic hydroxyl groups excluding tert-OH is 2. The summed E-state index contributed by atoms with van der Waals surface area (Å²) >= 11 is 0. The van der Waals surface area contributed by atoms with Crippen LogP contribution in [0.3, 0.4) is 0 Å². The Balaban J connectivity index is 1.12. The first-order valence-corrected chi connectivity index (χ1v) is 15.7. The molecule has 0 spiro atoms. The molecule has 0 saturated carbocycles. The van der Waals surface area contributed by atoms with E-state index in [0.717, 1.165) is 34.9 Å². The van der Waals surface area contributed by atoms with Crippen LogP contribution in [-0.2, 0) is 19.0 Å². The van der Waals surface area contributed by atoms with Crippen LogP contribution in [0.15, 0.2) is 53.8 Å². The molecule has 3 aliphatic heterocycles. The van der Waals surface area contributed by atoms with E-state index in [9.17, 15) is 15.0 Å². The van der Waals surface area contributed by atoms with Gasteiger partial charge in [0.2, 0.25) is 0 Å². The third-order valence-electron chi connectivity index (χ3n) is 8.99. The number of aromatic nitrogens is 3. The highest BCUT2D eigenvalue weighted by Gasteiger charge is 2.48. The van der Waals surface area contributed by atoms with Crippen LogP contribution in [0.25, 0.3) is 22.0 Å². The normalized spacial score (nSPS) is 27.8. The lowest BCUT2D eigenvalue weighted by Crippen LogP contribution is -2.57. The molecular weight excluding hydrogens is 578 g/mol. The molecule has 0 bridgehead atoms. The van der Waals surface area contributed by atoms with Crippen molar-refractivity contribution in [1.29, 1.82) is 0 Å². The minimum atomic E-state index is -1.08. The Labute approximate surface area is 262 Å². The van der Waals surface area contributed by atoms with Gasteiger partial charge in [0, 0.05) is 44.5 Å². The smallest absolute Gasteiger partial charge is 0.410 e. The molecular formula is C33H43N5O7. The van der Waals surface area contributed by atoms with Crippen molar-refractivity contribution in [2.24, 2.45) is 11.1 Å². The quantitative estimate of drug-likeness (QED) is 0.401. The Morgan fingerprint density at radius 2 is 1.84 bits per heavy atom. The lowest BCUT2D eigenvalue weighted by Gasteiger charge is -2.44. The third-order valence-corrected chi connectivity index (χ3v) is 8.99. The Bertz CT molecular complexity index is 1510. The second-order valence-corrected chi connectivity index (χ2v) is 13.2. The van der Waals surface area contributed by atoms with Crippen LogP contribution in [0.4, 0.5) is 4.79 Å². The van der Waals surface area contributed by atoms with E-state index in [4.69, 9.17) is 19.0 Å². The summed E-state index contributed by atoms with van der Waals surface area (Å²) in [5.41, 5.74) is 2.07. The first kappa shape index (κ1) is 31.4. The lowest BCUT2D eigenvalue weighted by atomic mass is 9.86. The van der Waals surface area contributed by atoms with Gasteiger partial charge in [-0.3, -0.25) is 0 Å². The van der Waals surface area contributed by atoms with E-state index in [1.807, 2.05) is 57.3 Å². The molecule has 1 aromatic heterocycles. The van der Waals surface area contributed by atoms with Crippen molar-refractivity contribution in [2.45, 2.75) is 88.6 Å². The van der Waals surface area contributed by atoms with E-state index < -0.39 is 36.1 Å². The summed E-state index contributed by atoms with van der Waals surface area (Å²) in [6, 6.07) is 13.5. The molecule has 12 nitrogen and oxygen atoms in total. The number of rotatable bonds is 7. The van der Waals surface area contributed by atoms with Crippen molar-refractivity contribution in [1.82, 2.24) is 19.9 Å². The monoisotopic (exact) mass is 621 g/mol. The number of fused-ring (bicyclic) bond motifs is 1. The summed E-state index contributed by atoms with van der Waals surface area (Å²) < 4.78 is 19.3. The highest BCUT2D eigenvalue weighted by atomic mass is 16.6. The zero-order chi connectivity index (χ0) is 31.7. The van der Waals surface area contributed by atoms with E-state index >= 15 is 0 Å². The molecule has 2 N–H and O–H groups in total. The van der Waals surface area contributed by atoms with Gasteiger partial charge >= 0.3 is 6.09 Å². The summed E-state index contributed by atoms with van der Waals surface area (Å²) in [6.07, 6.45) is 0.955. The van der Waals surface area contributed by atoms with Crippen LogP contribution < -0.4 is 0 Å². The predicted octanol–water partition coefficient (Wildman–Crippen LogP) is 3.96. The van der Waals surface area contributed by atoms with Crippen molar-refractivity contribution >= 4 is 22.6 Å². The van der Waals surface area contributed by atoms with E-state index in [2.05, 4.69) is 27.6 Å². The maximum Gasteiger partial charge on any atom is 0.410 e. The van der Waals surface area contributed by atoms with Gasteiger partial charge in [0.15, 0.2) is 0 Å². The number of piperidine rings is 1. The Morgan fingerprint density at radius 3 is 2.58 bits per heavy atom. The fraction of sp³-hybridized carbons (Fsp3) is 0.576. The van der Waals surface area contributed by atoms with Crippen molar-refractivity contribution in [3.63, 3.8) is 0 Å². The predicted molar refractivity (Wildman–Crippen MR) is 167 cm³/mol. The first-order valence-electron chi connectivity index (χ1n) is 15.7. The number of carbonyl (C=O) groups excluding carboxylic acids is 1. The first-order chi connectivity index (χ1) is 21.6. The number of amides is 1. The molecule has 1 amide bonds. The number of carbonyl (C=O) groups is 1. The minimum absolute atomic E-state index is 0.224. The zero-order valence-electron chi connectivity index (χ0n) is 26.3. The minimum Gasteiger partial charge on any atom is -0.444 e. The molecule has 1 unspecified atom stereocenters. The van der Waals surface area contributed by atoms with Gasteiger partial charge in [-0.1, -0.05) is 52.8 Å². The number of benzene rings is 2. The Kier molecular flexibility index (Phi) is 9.10. The molecule has 2 aromatic carbocycles. The standard InChI is InChI=1S/C33H43N5O7/c1-33(2,3)44-32(41)37-14-12-21(13-15-37)25-16-22(45-35-25)17-27-31(42-4)29(30(40)28(19-39)43-27)38-18-26(34-36-38)24-11-7-9-20-8-5-6-10-23(20)24/h5-11,18,21-22,27-31,39-40H,12-17,19H2,1-4H3/t22?,27-,28-,29+,30+,31+/m1/s1. The molecule has 45 heavy (non-hydrogen) atoms. The summed E-state index contributed by atoms with van der Waals surface area (Å²) in [4.78, 5) is 20.1. The fourth-order valence-corrected chi connectivity index (χ4v) is 6.75. The van der Waals surface area contributed by atoms with Crippen molar-refractivity contribution in [3.05, 3.63) is 48.7 Å². The van der Waals surface area contributed by atoms with E-state index in [-0.39, 0.29) is 24.7 Å². The van der Waals surface area contributed by atoms with E-state index in [0.29, 0.717) is 31.6 Å². The number of methoxy groups -OCH3 is 1. The summed E-state index contributed by atoms with van der Waals surface area (Å²) in [5.74, 6) is 0.224. The van der Waals surface area contributed by atoms with Crippen LogP contribution >= 0.6 is 0 Å². The van der Waals surface area contributed by atoms with E-state index in [1.165, 1.54) is 0 Å². The maximum absolute atomic E-state index is 12.5. The van der Waals surface area contributed by atoms with Gasteiger partial charge in [-0.2, -0.15) is 0 Å². The van der Waals surface area contributed by atoms with Crippen LogP contribution in [0.1, 0.15) is 52.5 Å². The molecule has 2 fully saturated rings. The molecule has 6 atom stereocenters. The van der Waals surface area contributed by atoms with Crippen LogP contribution in [0.5, 0.6) is 0 Å². The van der Waals surface area contributed by atoms with Crippen LogP contribution in [0, 0.1) is 5.92 Å². The number of likely N-dealkylation sites (tertiary alicyclic amines) is 1. The fourth-order valence-electron chi connectivity index (χ4n) is 6.75. The molecule has 2 saturated heterocycles. The van der Waals surface area contributed by atoms with E-state index in [1.54, 1.807) is 16.7 Å². The van der Waals surface area contributed by atoms with Gasteiger partial charge in [0.1, 0.15) is 41.8 Å². The molecule has 3 aromatic rings. The second kappa shape index (κ2) is 13.0. The van der Waals surface area contributed by atoms with Gasteiger partial charge in [0.05, 0.1) is 24.6 Å². The molecule has 4 heterocycles. The zero-order valence-corrected chi connectivity index (χ0v) is 26.3. The summed E-state index contributed by atoms with van der Waals surface area (Å²) in [6.45, 7) is 6.46. The van der Waals surface area contributed by atoms with Crippen LogP contribution in [0.2, 0.25) is 0 Å². The number of ether oxygens (including phenoxy) is 3. The maximum atomic E-state index is 12.5. The topological polar surface area (TPSA) is 141 Å². The average Bonchev–Trinajstić information content (AvgIpc) is 3.71. The molecule has 0 radical (unpaired) electrons. The number of nitrogens with zero attached hydrogens (tertiary/aromatic N) is 5. The van der Waals surface area contributed by atoms with Crippen molar-refractivity contribution in [3.8, 4) is 11.3 Å². The summed E-state index contributed by atoms with van der Waals surface area (Å²) in [5, 5.41) is 36.9. The molecule has 242 valence electrons. The largest absolute Gasteiger partial charge is 0.444 e. The van der Waals surface area contributed by atoms with Gasteiger partial charge in [-0.25, -0.2) is 9.48 Å². The Hall–Kier alpha value is -3.58. The number of aliphatic hydroxyl groups is 2. The molecule has 0 aliphatic carbocycles. The lowest BCUT2D eigenvalue weighted by molar-refractivity contribution is -0.219. The number of hydrogen-bond donors (Lipinski definition) is 2.